The molecule has 0 fully saturated rings. The van der Waals surface area contributed by atoms with Crippen molar-refractivity contribution in [1.82, 2.24) is 15.1 Å². The number of para-hydroxylation sites is 1. The van der Waals surface area contributed by atoms with E-state index in [1.807, 2.05) is 41.1 Å². The number of carboxylic acids is 1. The number of nitrogens with one attached hydrogen (secondary N) is 1. The van der Waals surface area contributed by atoms with Gasteiger partial charge in [-0.1, -0.05) is 18.2 Å². The summed E-state index contributed by atoms with van der Waals surface area (Å²) in [5.41, 5.74) is 1.21. The Kier molecular flexibility index (Phi) is 4.20. The number of aliphatic carboxylic acids is 1. The van der Waals surface area contributed by atoms with Crippen LogP contribution in [0, 0.1) is 5.41 Å². The fourth-order valence-electron chi connectivity index (χ4n) is 1.84. The van der Waals surface area contributed by atoms with Gasteiger partial charge in [-0.05, 0) is 32.0 Å². The summed E-state index contributed by atoms with van der Waals surface area (Å²) in [6, 6.07) is 11.8. The molecule has 1 heterocycles. The van der Waals surface area contributed by atoms with Crippen LogP contribution in [0.1, 0.15) is 19.5 Å². The van der Waals surface area contributed by atoms with E-state index in [9.17, 15) is 4.79 Å². The standard InChI is InChI=1S/C15H19N3O2/c1-15(2,14(19)20)11-16-10-13-8-9-17-18(13)12-6-4-3-5-7-12/h3-9,16H,10-11H2,1-2H3,(H,19,20). The highest BCUT2D eigenvalue weighted by Crippen LogP contribution is 2.14. The summed E-state index contributed by atoms with van der Waals surface area (Å²) in [4.78, 5) is 11.0. The minimum atomic E-state index is -0.804. The van der Waals surface area contributed by atoms with Crippen molar-refractivity contribution in [3.63, 3.8) is 0 Å². The van der Waals surface area contributed by atoms with Gasteiger partial charge in [-0.15, -0.1) is 0 Å². The molecule has 0 bridgehead atoms. The largest absolute Gasteiger partial charge is 0.481 e. The second-order valence-corrected chi connectivity index (χ2v) is 5.36. The van der Waals surface area contributed by atoms with Crippen LogP contribution >= 0.6 is 0 Å². The Balaban J connectivity index is 2.02. The van der Waals surface area contributed by atoms with Crippen LogP contribution in [-0.2, 0) is 11.3 Å². The molecule has 2 aromatic rings. The first kappa shape index (κ1) is 14.3. The van der Waals surface area contributed by atoms with E-state index in [0.717, 1.165) is 11.4 Å². The molecule has 5 heteroatoms. The maximum atomic E-state index is 11.0. The first-order chi connectivity index (χ1) is 9.50. The molecule has 5 nitrogen and oxygen atoms in total. The van der Waals surface area contributed by atoms with Crippen LogP contribution in [0.2, 0.25) is 0 Å². The average Bonchev–Trinajstić information content (AvgIpc) is 2.88. The lowest BCUT2D eigenvalue weighted by Gasteiger charge is -2.19. The Labute approximate surface area is 118 Å². The number of benzene rings is 1. The zero-order chi connectivity index (χ0) is 14.6. The normalized spacial score (nSPS) is 11.5. The zero-order valence-electron chi connectivity index (χ0n) is 11.7. The minimum Gasteiger partial charge on any atom is -0.481 e. The van der Waals surface area contributed by atoms with Gasteiger partial charge in [-0.2, -0.15) is 5.10 Å². The third-order valence-corrected chi connectivity index (χ3v) is 3.17. The minimum absolute atomic E-state index is 0.405. The molecular formula is C15H19N3O2. The van der Waals surface area contributed by atoms with E-state index in [1.165, 1.54) is 0 Å². The maximum absolute atomic E-state index is 11.0. The van der Waals surface area contributed by atoms with Gasteiger partial charge in [-0.3, -0.25) is 4.79 Å². The van der Waals surface area contributed by atoms with Crippen molar-refractivity contribution in [3.05, 3.63) is 48.3 Å². The van der Waals surface area contributed by atoms with Gasteiger partial charge in [0.05, 0.1) is 16.8 Å². The van der Waals surface area contributed by atoms with Gasteiger partial charge in [0.1, 0.15) is 0 Å². The first-order valence-corrected chi connectivity index (χ1v) is 6.53. The van der Waals surface area contributed by atoms with Gasteiger partial charge >= 0.3 is 5.97 Å². The summed E-state index contributed by atoms with van der Waals surface area (Å²) in [6.45, 7) is 4.39. The SMILES string of the molecule is CC(C)(CNCc1ccnn1-c1ccccc1)C(=O)O. The summed E-state index contributed by atoms with van der Waals surface area (Å²) in [6.07, 6.45) is 1.74. The molecule has 20 heavy (non-hydrogen) atoms. The van der Waals surface area contributed by atoms with Gasteiger partial charge < -0.3 is 10.4 Å². The Hall–Kier alpha value is -2.14. The molecule has 0 aliphatic rings. The highest BCUT2D eigenvalue weighted by Gasteiger charge is 2.26. The molecular weight excluding hydrogens is 254 g/mol. The van der Waals surface area contributed by atoms with Gasteiger partial charge in [0.25, 0.3) is 0 Å². The van der Waals surface area contributed by atoms with Crippen LogP contribution < -0.4 is 5.32 Å². The highest BCUT2D eigenvalue weighted by atomic mass is 16.4. The predicted octanol–water partition coefficient (Wildman–Crippen LogP) is 2.07. The summed E-state index contributed by atoms with van der Waals surface area (Å²) in [7, 11) is 0. The lowest BCUT2D eigenvalue weighted by atomic mass is 9.94. The topological polar surface area (TPSA) is 67.2 Å². The molecule has 0 unspecified atom stereocenters. The number of hydrogen-bond acceptors (Lipinski definition) is 3. The van der Waals surface area contributed by atoms with Crippen LogP contribution in [-0.4, -0.2) is 27.4 Å². The van der Waals surface area contributed by atoms with E-state index < -0.39 is 11.4 Å². The van der Waals surface area contributed by atoms with Crippen molar-refractivity contribution in [2.75, 3.05) is 6.54 Å². The predicted molar refractivity (Wildman–Crippen MR) is 76.7 cm³/mol. The summed E-state index contributed by atoms with van der Waals surface area (Å²) < 4.78 is 1.85. The Morgan fingerprint density at radius 2 is 2.00 bits per heavy atom. The Morgan fingerprint density at radius 1 is 1.30 bits per heavy atom. The molecule has 1 aromatic heterocycles. The van der Waals surface area contributed by atoms with Crippen molar-refractivity contribution >= 4 is 5.97 Å². The second-order valence-electron chi connectivity index (χ2n) is 5.36. The Morgan fingerprint density at radius 3 is 2.65 bits per heavy atom. The number of hydrogen-bond donors (Lipinski definition) is 2. The van der Waals surface area contributed by atoms with Crippen LogP contribution in [0.25, 0.3) is 5.69 Å². The third kappa shape index (κ3) is 3.24. The van der Waals surface area contributed by atoms with Gasteiger partial charge in [0.15, 0.2) is 0 Å². The van der Waals surface area contributed by atoms with Crippen molar-refractivity contribution in [2.24, 2.45) is 5.41 Å². The molecule has 0 spiro atoms. The molecule has 1 aromatic carbocycles. The molecule has 0 aliphatic heterocycles. The molecule has 0 saturated heterocycles. The number of aromatic nitrogens is 2. The Bertz CT molecular complexity index is 576. The molecule has 2 rings (SSSR count). The molecule has 0 radical (unpaired) electrons. The summed E-state index contributed by atoms with van der Waals surface area (Å²) in [5, 5.41) is 16.5. The summed E-state index contributed by atoms with van der Waals surface area (Å²) in [5.74, 6) is -0.804. The smallest absolute Gasteiger partial charge is 0.310 e. The van der Waals surface area contributed by atoms with Crippen LogP contribution in [0.4, 0.5) is 0 Å². The van der Waals surface area contributed by atoms with E-state index in [1.54, 1.807) is 20.0 Å². The lowest BCUT2D eigenvalue weighted by molar-refractivity contribution is -0.146. The number of carboxylic acid groups (broad SMARTS) is 1. The molecule has 0 atom stereocenters. The van der Waals surface area contributed by atoms with Gasteiger partial charge in [0, 0.05) is 19.3 Å². The third-order valence-electron chi connectivity index (χ3n) is 3.17. The van der Waals surface area contributed by atoms with Crippen molar-refractivity contribution in [1.29, 1.82) is 0 Å². The lowest BCUT2D eigenvalue weighted by Crippen LogP contribution is -2.36. The van der Waals surface area contributed by atoms with Gasteiger partial charge in [0.2, 0.25) is 0 Å². The number of nitrogens with zero attached hydrogens (tertiary/aromatic N) is 2. The molecule has 0 amide bonds. The van der Waals surface area contributed by atoms with E-state index >= 15 is 0 Å². The zero-order valence-corrected chi connectivity index (χ0v) is 11.7. The van der Waals surface area contributed by atoms with E-state index in [2.05, 4.69) is 10.4 Å². The fourth-order valence-corrected chi connectivity index (χ4v) is 1.84. The molecule has 2 N–H and O–H groups in total. The van der Waals surface area contributed by atoms with Crippen molar-refractivity contribution in [2.45, 2.75) is 20.4 Å². The van der Waals surface area contributed by atoms with E-state index in [0.29, 0.717) is 13.1 Å². The van der Waals surface area contributed by atoms with Crippen molar-refractivity contribution < 1.29 is 9.90 Å². The first-order valence-electron chi connectivity index (χ1n) is 6.53. The van der Waals surface area contributed by atoms with Crippen LogP contribution in [0.5, 0.6) is 0 Å². The average molecular weight is 273 g/mol. The number of carbonyl (C=O) groups is 1. The van der Waals surface area contributed by atoms with Crippen LogP contribution in [0.3, 0.4) is 0 Å². The van der Waals surface area contributed by atoms with Crippen LogP contribution in [0.15, 0.2) is 42.6 Å². The fraction of sp³-hybridized carbons (Fsp3) is 0.333. The van der Waals surface area contributed by atoms with Gasteiger partial charge in [-0.25, -0.2) is 4.68 Å². The van der Waals surface area contributed by atoms with Crippen molar-refractivity contribution in [3.8, 4) is 5.69 Å². The quantitative estimate of drug-likeness (QED) is 0.845. The van der Waals surface area contributed by atoms with E-state index in [-0.39, 0.29) is 0 Å². The molecule has 0 aliphatic carbocycles. The molecule has 106 valence electrons. The molecule has 0 saturated carbocycles. The highest BCUT2D eigenvalue weighted by molar-refractivity contribution is 5.73. The maximum Gasteiger partial charge on any atom is 0.310 e. The second kappa shape index (κ2) is 5.88. The number of rotatable bonds is 6. The monoisotopic (exact) mass is 273 g/mol. The summed E-state index contributed by atoms with van der Waals surface area (Å²) >= 11 is 0. The van der Waals surface area contributed by atoms with E-state index in [4.69, 9.17) is 5.11 Å².